The molecule has 3 nitrogen and oxygen atoms in total. The molecule has 1 aromatic rings. The molecule has 0 saturated heterocycles. The predicted octanol–water partition coefficient (Wildman–Crippen LogP) is 2.56. The fraction of sp³-hybridized carbons (Fsp3) is 0.615. The van der Waals surface area contributed by atoms with E-state index < -0.39 is 0 Å². The van der Waals surface area contributed by atoms with Gasteiger partial charge in [-0.2, -0.15) is 0 Å². The van der Waals surface area contributed by atoms with E-state index in [1.54, 1.807) is 6.20 Å². The van der Waals surface area contributed by atoms with Gasteiger partial charge in [0.05, 0.1) is 18.5 Å². The van der Waals surface area contributed by atoms with E-state index in [0.717, 1.165) is 11.3 Å². The zero-order chi connectivity index (χ0) is 11.4. The van der Waals surface area contributed by atoms with Crippen molar-refractivity contribution < 1.29 is 5.11 Å². The quantitative estimate of drug-likeness (QED) is 0.823. The third-order valence-electron chi connectivity index (χ3n) is 3.53. The molecule has 16 heavy (non-hydrogen) atoms. The minimum atomic E-state index is 0.0754. The molecule has 0 spiro atoms. The first-order valence-corrected chi connectivity index (χ1v) is 6.11. The van der Waals surface area contributed by atoms with Crippen LogP contribution in [-0.2, 0) is 6.61 Å². The second-order valence-electron chi connectivity index (χ2n) is 4.70. The van der Waals surface area contributed by atoms with Crippen LogP contribution in [0.2, 0.25) is 0 Å². The summed E-state index contributed by atoms with van der Waals surface area (Å²) in [6.07, 6.45) is 8.71. The molecule has 1 aliphatic carbocycles. The number of aromatic nitrogens is 1. The van der Waals surface area contributed by atoms with E-state index in [1.165, 1.54) is 25.7 Å². The van der Waals surface area contributed by atoms with Crippen molar-refractivity contribution in [3.05, 3.63) is 24.0 Å². The highest BCUT2D eigenvalue weighted by Gasteiger charge is 2.21. The molecule has 1 aromatic heterocycles. The first kappa shape index (κ1) is 11.4. The van der Waals surface area contributed by atoms with Crippen molar-refractivity contribution in [2.45, 2.75) is 45.3 Å². The van der Waals surface area contributed by atoms with E-state index in [-0.39, 0.29) is 6.61 Å². The molecule has 2 rings (SSSR count). The van der Waals surface area contributed by atoms with Gasteiger partial charge in [-0.15, -0.1) is 0 Å². The number of hydrogen-bond acceptors (Lipinski definition) is 3. The lowest BCUT2D eigenvalue weighted by Crippen LogP contribution is -2.30. The maximum absolute atomic E-state index is 9.25. The van der Waals surface area contributed by atoms with Gasteiger partial charge >= 0.3 is 0 Å². The van der Waals surface area contributed by atoms with E-state index in [9.17, 15) is 5.11 Å². The third kappa shape index (κ3) is 2.53. The van der Waals surface area contributed by atoms with E-state index >= 15 is 0 Å². The standard InChI is InChI=1S/C13H20N2O/c1-10-4-2-3-5-12(10)15-13-8-14-7-6-11(13)9-16/h6-8,10,12,15-16H,2-5,9H2,1H3. The van der Waals surface area contributed by atoms with Crippen LogP contribution in [0.1, 0.15) is 38.2 Å². The molecule has 0 aliphatic heterocycles. The zero-order valence-electron chi connectivity index (χ0n) is 9.82. The SMILES string of the molecule is CC1CCCCC1Nc1cnccc1CO. The zero-order valence-corrected chi connectivity index (χ0v) is 9.82. The number of anilines is 1. The number of aliphatic hydroxyl groups excluding tert-OH is 1. The topological polar surface area (TPSA) is 45.2 Å². The molecule has 0 radical (unpaired) electrons. The van der Waals surface area contributed by atoms with Crippen LogP contribution in [0.15, 0.2) is 18.5 Å². The Labute approximate surface area is 96.9 Å². The molecule has 0 aromatic carbocycles. The van der Waals surface area contributed by atoms with Crippen LogP contribution in [-0.4, -0.2) is 16.1 Å². The highest BCUT2D eigenvalue weighted by molar-refractivity contribution is 5.49. The second kappa shape index (κ2) is 5.30. The monoisotopic (exact) mass is 220 g/mol. The Morgan fingerprint density at radius 2 is 2.25 bits per heavy atom. The largest absolute Gasteiger partial charge is 0.392 e. The summed E-state index contributed by atoms with van der Waals surface area (Å²) in [6.45, 7) is 2.37. The van der Waals surface area contributed by atoms with Crippen molar-refractivity contribution in [1.29, 1.82) is 0 Å². The van der Waals surface area contributed by atoms with Gasteiger partial charge in [0, 0.05) is 17.8 Å². The number of nitrogens with one attached hydrogen (secondary N) is 1. The van der Waals surface area contributed by atoms with Crippen molar-refractivity contribution in [1.82, 2.24) is 4.98 Å². The molecular formula is C13H20N2O. The van der Waals surface area contributed by atoms with Crippen molar-refractivity contribution >= 4 is 5.69 Å². The fourth-order valence-corrected chi connectivity index (χ4v) is 2.42. The van der Waals surface area contributed by atoms with Gasteiger partial charge in [0.25, 0.3) is 0 Å². The molecule has 1 saturated carbocycles. The summed E-state index contributed by atoms with van der Waals surface area (Å²) in [4.78, 5) is 4.11. The summed E-state index contributed by atoms with van der Waals surface area (Å²) >= 11 is 0. The van der Waals surface area contributed by atoms with Crippen LogP contribution in [0, 0.1) is 5.92 Å². The Hall–Kier alpha value is -1.09. The van der Waals surface area contributed by atoms with Crippen LogP contribution in [0.5, 0.6) is 0 Å². The Morgan fingerprint density at radius 1 is 1.44 bits per heavy atom. The third-order valence-corrected chi connectivity index (χ3v) is 3.53. The number of rotatable bonds is 3. The minimum Gasteiger partial charge on any atom is -0.392 e. The van der Waals surface area contributed by atoms with Gasteiger partial charge < -0.3 is 10.4 Å². The van der Waals surface area contributed by atoms with Crippen molar-refractivity contribution in [2.24, 2.45) is 5.92 Å². The number of aliphatic hydroxyl groups is 1. The average molecular weight is 220 g/mol. The van der Waals surface area contributed by atoms with Crippen LogP contribution < -0.4 is 5.32 Å². The predicted molar refractivity (Wildman–Crippen MR) is 65.2 cm³/mol. The summed E-state index contributed by atoms with van der Waals surface area (Å²) < 4.78 is 0. The molecule has 2 unspecified atom stereocenters. The molecule has 88 valence electrons. The molecule has 2 atom stereocenters. The Bertz CT molecular complexity index is 340. The van der Waals surface area contributed by atoms with E-state index in [1.807, 2.05) is 12.3 Å². The molecular weight excluding hydrogens is 200 g/mol. The number of hydrogen-bond donors (Lipinski definition) is 2. The minimum absolute atomic E-state index is 0.0754. The lowest BCUT2D eigenvalue weighted by Gasteiger charge is -2.30. The highest BCUT2D eigenvalue weighted by Crippen LogP contribution is 2.27. The highest BCUT2D eigenvalue weighted by atomic mass is 16.3. The first-order valence-electron chi connectivity index (χ1n) is 6.11. The summed E-state index contributed by atoms with van der Waals surface area (Å²) in [6, 6.07) is 2.40. The lowest BCUT2D eigenvalue weighted by atomic mass is 9.86. The van der Waals surface area contributed by atoms with Crippen LogP contribution in [0.25, 0.3) is 0 Å². The van der Waals surface area contributed by atoms with Gasteiger partial charge in [-0.05, 0) is 24.8 Å². The van der Waals surface area contributed by atoms with Crippen molar-refractivity contribution in [3.63, 3.8) is 0 Å². The maximum Gasteiger partial charge on any atom is 0.0703 e. The van der Waals surface area contributed by atoms with Crippen LogP contribution in [0.3, 0.4) is 0 Å². The van der Waals surface area contributed by atoms with E-state index in [2.05, 4.69) is 17.2 Å². The van der Waals surface area contributed by atoms with Crippen LogP contribution in [0.4, 0.5) is 5.69 Å². The average Bonchev–Trinajstić information content (AvgIpc) is 2.33. The number of nitrogens with zero attached hydrogens (tertiary/aromatic N) is 1. The molecule has 1 aliphatic rings. The summed E-state index contributed by atoms with van der Waals surface area (Å²) in [5.41, 5.74) is 1.93. The summed E-state index contributed by atoms with van der Waals surface area (Å²) in [5.74, 6) is 0.709. The van der Waals surface area contributed by atoms with Crippen molar-refractivity contribution in [3.8, 4) is 0 Å². The second-order valence-corrected chi connectivity index (χ2v) is 4.70. The number of pyridine rings is 1. The van der Waals surface area contributed by atoms with Gasteiger partial charge in [-0.3, -0.25) is 4.98 Å². The molecule has 0 amide bonds. The normalized spacial score (nSPS) is 25.4. The fourth-order valence-electron chi connectivity index (χ4n) is 2.42. The maximum atomic E-state index is 9.25. The summed E-state index contributed by atoms with van der Waals surface area (Å²) in [7, 11) is 0. The Kier molecular flexibility index (Phi) is 3.78. The molecule has 2 N–H and O–H groups in total. The van der Waals surface area contributed by atoms with E-state index in [0.29, 0.717) is 12.0 Å². The molecule has 3 heteroatoms. The Balaban J connectivity index is 2.07. The van der Waals surface area contributed by atoms with Gasteiger partial charge in [0.15, 0.2) is 0 Å². The van der Waals surface area contributed by atoms with Gasteiger partial charge in [0.2, 0.25) is 0 Å². The molecule has 0 bridgehead atoms. The Morgan fingerprint density at radius 3 is 3.00 bits per heavy atom. The van der Waals surface area contributed by atoms with Gasteiger partial charge in [-0.1, -0.05) is 19.8 Å². The van der Waals surface area contributed by atoms with E-state index in [4.69, 9.17) is 0 Å². The lowest BCUT2D eigenvalue weighted by molar-refractivity contribution is 0.281. The molecule has 1 heterocycles. The molecule has 1 fully saturated rings. The van der Waals surface area contributed by atoms with Gasteiger partial charge in [-0.25, -0.2) is 0 Å². The summed E-state index contributed by atoms with van der Waals surface area (Å²) in [5, 5.41) is 12.8. The van der Waals surface area contributed by atoms with Crippen LogP contribution >= 0.6 is 0 Å². The van der Waals surface area contributed by atoms with Crippen molar-refractivity contribution in [2.75, 3.05) is 5.32 Å². The first-order chi connectivity index (χ1) is 7.81. The van der Waals surface area contributed by atoms with Gasteiger partial charge in [0.1, 0.15) is 0 Å². The smallest absolute Gasteiger partial charge is 0.0703 e.